The zero-order chi connectivity index (χ0) is 20.6. The molecule has 1 aliphatic rings. The summed E-state index contributed by atoms with van der Waals surface area (Å²) in [5, 5.41) is 5.74. The normalized spacial score (nSPS) is 16.8. The van der Waals surface area contributed by atoms with Crippen LogP contribution in [0.5, 0.6) is 5.75 Å². The lowest BCUT2D eigenvalue weighted by Gasteiger charge is -2.17. The van der Waals surface area contributed by atoms with Crippen LogP contribution in [0, 0.1) is 6.92 Å². The maximum Gasteiger partial charge on any atom is 0.265 e. The highest BCUT2D eigenvalue weighted by molar-refractivity contribution is 5.97. The topological polar surface area (TPSA) is 76.7 Å². The standard InChI is InChI=1S/C23H28N2O4/c1-3-21(29-19-7-4-6-16(2)14-19)23(27)25-18-11-9-17(10-12-18)22(26)24-15-20-8-5-13-28-20/h4,6-7,9-12,14,20-21H,3,5,8,13,15H2,1-2H3,(H,24,26)(H,25,27). The molecule has 2 N–H and O–H groups in total. The minimum absolute atomic E-state index is 0.108. The minimum Gasteiger partial charge on any atom is -0.481 e. The van der Waals surface area contributed by atoms with E-state index in [-0.39, 0.29) is 17.9 Å². The molecule has 1 fully saturated rings. The molecular formula is C23H28N2O4. The summed E-state index contributed by atoms with van der Waals surface area (Å²) in [4.78, 5) is 24.8. The van der Waals surface area contributed by atoms with E-state index in [0.717, 1.165) is 25.0 Å². The molecular weight excluding hydrogens is 368 g/mol. The second kappa shape index (κ2) is 10.1. The van der Waals surface area contributed by atoms with Crippen LogP contribution < -0.4 is 15.4 Å². The van der Waals surface area contributed by atoms with Gasteiger partial charge >= 0.3 is 0 Å². The molecule has 3 rings (SSSR count). The molecule has 1 aliphatic heterocycles. The van der Waals surface area contributed by atoms with Crippen molar-refractivity contribution in [2.45, 2.75) is 45.3 Å². The van der Waals surface area contributed by atoms with Gasteiger partial charge in [-0.2, -0.15) is 0 Å². The van der Waals surface area contributed by atoms with Gasteiger partial charge < -0.3 is 20.1 Å². The molecule has 6 nitrogen and oxygen atoms in total. The van der Waals surface area contributed by atoms with Crippen LogP contribution in [0.15, 0.2) is 48.5 Å². The van der Waals surface area contributed by atoms with E-state index in [1.807, 2.05) is 38.1 Å². The fourth-order valence-electron chi connectivity index (χ4n) is 3.22. The van der Waals surface area contributed by atoms with Crippen LogP contribution >= 0.6 is 0 Å². The summed E-state index contributed by atoms with van der Waals surface area (Å²) in [5.74, 6) is 0.308. The molecule has 6 heteroatoms. The third kappa shape index (κ3) is 6.06. The number of amides is 2. The Balaban J connectivity index is 1.53. The summed E-state index contributed by atoms with van der Waals surface area (Å²) in [6, 6.07) is 14.5. The van der Waals surface area contributed by atoms with Gasteiger partial charge in [-0.3, -0.25) is 9.59 Å². The van der Waals surface area contributed by atoms with Crippen molar-refractivity contribution in [3.63, 3.8) is 0 Å². The number of aryl methyl sites for hydroxylation is 1. The monoisotopic (exact) mass is 396 g/mol. The highest BCUT2D eigenvalue weighted by atomic mass is 16.5. The van der Waals surface area contributed by atoms with Gasteiger partial charge in [-0.1, -0.05) is 19.1 Å². The van der Waals surface area contributed by atoms with Gasteiger partial charge in [-0.15, -0.1) is 0 Å². The first kappa shape index (κ1) is 20.9. The largest absolute Gasteiger partial charge is 0.481 e. The Hall–Kier alpha value is -2.86. The number of carbonyl (C=O) groups excluding carboxylic acids is 2. The number of rotatable bonds is 8. The van der Waals surface area contributed by atoms with Crippen LogP contribution in [0.4, 0.5) is 5.69 Å². The maximum absolute atomic E-state index is 12.6. The molecule has 2 amide bonds. The molecule has 0 aromatic heterocycles. The molecule has 2 unspecified atom stereocenters. The molecule has 1 heterocycles. The summed E-state index contributed by atoms with van der Waals surface area (Å²) >= 11 is 0. The number of nitrogens with one attached hydrogen (secondary N) is 2. The van der Waals surface area contributed by atoms with Gasteiger partial charge in [0.1, 0.15) is 5.75 Å². The lowest BCUT2D eigenvalue weighted by atomic mass is 10.1. The Bertz CT molecular complexity index is 829. The minimum atomic E-state index is -0.591. The number of hydrogen-bond donors (Lipinski definition) is 2. The number of benzene rings is 2. The maximum atomic E-state index is 12.6. The lowest BCUT2D eigenvalue weighted by Crippen LogP contribution is -2.32. The number of hydrogen-bond acceptors (Lipinski definition) is 4. The van der Waals surface area contributed by atoms with E-state index in [9.17, 15) is 9.59 Å². The molecule has 154 valence electrons. The molecule has 0 bridgehead atoms. The molecule has 0 spiro atoms. The van der Waals surface area contributed by atoms with Crippen LogP contribution in [0.3, 0.4) is 0 Å². The molecule has 0 aliphatic carbocycles. The summed E-state index contributed by atoms with van der Waals surface area (Å²) in [6.45, 7) is 5.17. The van der Waals surface area contributed by atoms with E-state index in [1.54, 1.807) is 24.3 Å². The lowest BCUT2D eigenvalue weighted by molar-refractivity contribution is -0.122. The predicted octanol–water partition coefficient (Wildman–Crippen LogP) is 3.70. The van der Waals surface area contributed by atoms with Gasteiger partial charge in [0.15, 0.2) is 6.10 Å². The van der Waals surface area contributed by atoms with Crippen molar-refractivity contribution < 1.29 is 19.1 Å². The van der Waals surface area contributed by atoms with Gasteiger partial charge in [0.05, 0.1) is 6.10 Å². The average molecular weight is 396 g/mol. The fourth-order valence-corrected chi connectivity index (χ4v) is 3.22. The van der Waals surface area contributed by atoms with Crippen LogP contribution in [0.1, 0.15) is 42.1 Å². The van der Waals surface area contributed by atoms with Gasteiger partial charge in [0.2, 0.25) is 0 Å². The van der Waals surface area contributed by atoms with E-state index in [2.05, 4.69) is 10.6 Å². The molecule has 0 radical (unpaired) electrons. The van der Waals surface area contributed by atoms with E-state index in [1.165, 1.54) is 0 Å². The Labute approximate surface area is 171 Å². The third-order valence-electron chi connectivity index (χ3n) is 4.86. The van der Waals surface area contributed by atoms with Crippen LogP contribution in [0.25, 0.3) is 0 Å². The van der Waals surface area contributed by atoms with E-state index in [0.29, 0.717) is 30.0 Å². The Morgan fingerprint density at radius 3 is 2.66 bits per heavy atom. The van der Waals surface area contributed by atoms with Crippen molar-refractivity contribution in [2.24, 2.45) is 0 Å². The Morgan fingerprint density at radius 2 is 2.00 bits per heavy atom. The highest BCUT2D eigenvalue weighted by Crippen LogP contribution is 2.17. The van der Waals surface area contributed by atoms with E-state index in [4.69, 9.17) is 9.47 Å². The summed E-state index contributed by atoms with van der Waals surface area (Å²) in [5.41, 5.74) is 2.24. The number of carbonyl (C=O) groups is 2. The van der Waals surface area contributed by atoms with Crippen molar-refractivity contribution in [1.82, 2.24) is 5.32 Å². The molecule has 29 heavy (non-hydrogen) atoms. The van der Waals surface area contributed by atoms with Crippen molar-refractivity contribution in [2.75, 3.05) is 18.5 Å². The first-order valence-electron chi connectivity index (χ1n) is 10.1. The van der Waals surface area contributed by atoms with E-state index >= 15 is 0 Å². The van der Waals surface area contributed by atoms with Gasteiger partial charge in [0.25, 0.3) is 11.8 Å². The van der Waals surface area contributed by atoms with Gasteiger partial charge in [-0.05, 0) is 68.1 Å². The Morgan fingerprint density at radius 1 is 1.21 bits per heavy atom. The van der Waals surface area contributed by atoms with E-state index < -0.39 is 6.10 Å². The van der Waals surface area contributed by atoms with Crippen molar-refractivity contribution >= 4 is 17.5 Å². The molecule has 2 aromatic carbocycles. The molecule has 0 saturated carbocycles. The van der Waals surface area contributed by atoms with Gasteiger partial charge in [-0.25, -0.2) is 0 Å². The van der Waals surface area contributed by atoms with Gasteiger partial charge in [0, 0.05) is 24.4 Å². The Kier molecular flexibility index (Phi) is 7.25. The quantitative estimate of drug-likeness (QED) is 0.713. The molecule has 2 atom stereocenters. The summed E-state index contributed by atoms with van der Waals surface area (Å²) in [7, 11) is 0. The smallest absolute Gasteiger partial charge is 0.265 e. The highest BCUT2D eigenvalue weighted by Gasteiger charge is 2.19. The zero-order valence-electron chi connectivity index (χ0n) is 16.9. The van der Waals surface area contributed by atoms with Crippen LogP contribution in [-0.2, 0) is 9.53 Å². The molecule has 1 saturated heterocycles. The third-order valence-corrected chi connectivity index (χ3v) is 4.86. The number of ether oxygens (including phenoxy) is 2. The van der Waals surface area contributed by atoms with Crippen LogP contribution in [-0.4, -0.2) is 37.2 Å². The second-order valence-corrected chi connectivity index (χ2v) is 7.24. The summed E-state index contributed by atoms with van der Waals surface area (Å²) < 4.78 is 11.3. The summed E-state index contributed by atoms with van der Waals surface area (Å²) in [6.07, 6.45) is 2.09. The fraction of sp³-hybridized carbons (Fsp3) is 0.391. The zero-order valence-corrected chi connectivity index (χ0v) is 16.9. The first-order valence-corrected chi connectivity index (χ1v) is 10.1. The second-order valence-electron chi connectivity index (χ2n) is 7.24. The first-order chi connectivity index (χ1) is 14.0. The SMILES string of the molecule is CCC(Oc1cccc(C)c1)C(=O)Nc1ccc(C(=O)NCC2CCCO2)cc1. The van der Waals surface area contributed by atoms with Crippen molar-refractivity contribution in [3.05, 3.63) is 59.7 Å². The predicted molar refractivity (Wildman–Crippen MR) is 112 cm³/mol. The average Bonchev–Trinajstić information content (AvgIpc) is 3.24. The van der Waals surface area contributed by atoms with Crippen molar-refractivity contribution in [3.8, 4) is 5.75 Å². The van der Waals surface area contributed by atoms with Crippen LogP contribution in [0.2, 0.25) is 0 Å². The number of anilines is 1. The van der Waals surface area contributed by atoms with Crippen molar-refractivity contribution in [1.29, 1.82) is 0 Å². The molecule has 2 aromatic rings.